The summed E-state index contributed by atoms with van der Waals surface area (Å²) in [6.07, 6.45) is 0. The zero-order chi connectivity index (χ0) is 7.40. The van der Waals surface area contributed by atoms with Crippen molar-refractivity contribution < 1.29 is 23.3 Å². The monoisotopic (exact) mass is 343 g/mol. The van der Waals surface area contributed by atoms with Gasteiger partial charge in [0.1, 0.15) is 0 Å². The maximum absolute atomic E-state index is 5.82. The third-order valence-electron chi connectivity index (χ3n) is 1.40. The number of anilines is 1. The average molecular weight is 342 g/mol. The Morgan fingerprint density at radius 1 is 1.30 bits per heavy atom. The van der Waals surface area contributed by atoms with E-state index in [2.05, 4.69) is 29.6 Å². The number of hydrogen-bond donors (Lipinski definition) is 1. The van der Waals surface area contributed by atoms with Gasteiger partial charge in [-0.2, -0.15) is 0 Å². The van der Waals surface area contributed by atoms with Gasteiger partial charge in [0.15, 0.2) is 0 Å². The molecule has 10 heavy (non-hydrogen) atoms. The summed E-state index contributed by atoms with van der Waals surface area (Å²) in [4.78, 5) is 0. The molecule has 3 heteroatoms. The Labute approximate surface area is 76.7 Å². The fraction of sp³-hybridized carbons (Fsp3) is 0.143. The summed E-state index contributed by atoms with van der Waals surface area (Å²) in [6.45, 7) is 0. The molecule has 0 bridgehead atoms. The Morgan fingerprint density at radius 3 is 2.30 bits per heavy atom. The van der Waals surface area contributed by atoms with Crippen molar-refractivity contribution in [2.24, 2.45) is 0 Å². The Bertz CT molecular complexity index is 174. The second-order valence-electron chi connectivity index (χ2n) is 2.08. The summed E-state index contributed by atoms with van der Waals surface area (Å²) in [5.41, 5.74) is 1.15. The first-order chi connectivity index (χ1) is 4.86. The molecule has 0 aromatic heterocycles. The van der Waals surface area contributed by atoms with E-state index < -0.39 is 23.3 Å². The summed E-state index contributed by atoms with van der Waals surface area (Å²) in [5, 5.41) is 3.06. The van der Waals surface area contributed by atoms with Crippen molar-refractivity contribution in [3.8, 4) is 0 Å². The predicted molar refractivity (Wildman–Crippen MR) is 41.5 cm³/mol. The van der Waals surface area contributed by atoms with E-state index in [0.29, 0.717) is 0 Å². The molecule has 0 atom stereocenters. The normalized spacial score (nSPS) is 8.60. The number of rotatable bonds is 2. The first kappa shape index (κ1) is 8.34. The van der Waals surface area contributed by atoms with Gasteiger partial charge in [-0.25, -0.2) is 0 Å². The summed E-state index contributed by atoms with van der Waals surface area (Å²) < 4.78 is 1.38. The number of hydrogen-bond acceptors (Lipinski definition) is 1. The van der Waals surface area contributed by atoms with Crippen LogP contribution in [-0.4, -0.2) is 7.05 Å². The molecule has 0 saturated heterocycles. The quantitative estimate of drug-likeness (QED) is 0.805. The second kappa shape index (κ2) is 4.19. The van der Waals surface area contributed by atoms with Gasteiger partial charge in [0.2, 0.25) is 0 Å². The van der Waals surface area contributed by atoms with Crippen molar-refractivity contribution in [3.63, 3.8) is 0 Å². The standard InChI is InChI=1S/C7H8N.ClH.Hg/c1-8-7-5-3-2-4-6-7;;/h3-6,8H,1H3;1H;/q;;+1/p-1. The zero-order valence-corrected chi connectivity index (χ0v) is 12.1. The van der Waals surface area contributed by atoms with Gasteiger partial charge in [-0.1, -0.05) is 0 Å². The summed E-state index contributed by atoms with van der Waals surface area (Å²) in [6, 6.07) is 8.36. The van der Waals surface area contributed by atoms with Gasteiger partial charge in [0, 0.05) is 0 Å². The topological polar surface area (TPSA) is 12.0 Å². The average Bonchev–Trinajstić information content (AvgIpc) is 2.05. The number of nitrogens with one attached hydrogen (secondary N) is 1. The molecule has 0 aliphatic carbocycles. The zero-order valence-electron chi connectivity index (χ0n) is 5.89. The van der Waals surface area contributed by atoms with Crippen LogP contribution in [0.15, 0.2) is 24.3 Å². The van der Waals surface area contributed by atoms with Crippen LogP contribution in [0.4, 0.5) is 5.69 Å². The minimum absolute atomic E-state index is 1.13. The van der Waals surface area contributed by atoms with Crippen molar-refractivity contribution in [2.75, 3.05) is 12.4 Å². The van der Waals surface area contributed by atoms with Crippen molar-refractivity contribution in [2.45, 2.75) is 0 Å². The molecule has 1 aromatic rings. The van der Waals surface area contributed by atoms with Gasteiger partial charge in [0.25, 0.3) is 0 Å². The van der Waals surface area contributed by atoms with Gasteiger partial charge in [-0.05, 0) is 0 Å². The van der Waals surface area contributed by atoms with Crippen molar-refractivity contribution in [1.29, 1.82) is 0 Å². The third kappa shape index (κ3) is 2.13. The molecule has 0 amide bonds. The summed E-state index contributed by atoms with van der Waals surface area (Å²) in [7, 11) is 7.74. The van der Waals surface area contributed by atoms with E-state index >= 15 is 0 Å². The summed E-state index contributed by atoms with van der Waals surface area (Å²) >= 11 is -1.13. The Morgan fingerprint density at radius 2 is 1.90 bits per heavy atom. The van der Waals surface area contributed by atoms with E-state index in [0.717, 1.165) is 5.69 Å². The van der Waals surface area contributed by atoms with Crippen LogP contribution < -0.4 is 8.39 Å². The second-order valence-corrected chi connectivity index (χ2v) is 8.64. The van der Waals surface area contributed by atoms with E-state index in [9.17, 15) is 0 Å². The van der Waals surface area contributed by atoms with Crippen LogP contribution in [0.3, 0.4) is 0 Å². The van der Waals surface area contributed by atoms with Crippen molar-refractivity contribution in [1.82, 2.24) is 0 Å². The molecule has 1 nitrogen and oxygen atoms in total. The fourth-order valence-electron chi connectivity index (χ4n) is 0.760. The van der Waals surface area contributed by atoms with E-state index in [1.165, 1.54) is 3.07 Å². The molecule has 0 aliphatic rings. The van der Waals surface area contributed by atoms with Crippen molar-refractivity contribution >= 4 is 17.0 Å². The molecule has 1 aromatic carbocycles. The van der Waals surface area contributed by atoms with Crippen LogP contribution >= 0.6 is 8.25 Å². The van der Waals surface area contributed by atoms with Crippen LogP contribution in [0.1, 0.15) is 0 Å². The van der Waals surface area contributed by atoms with E-state index in [1.807, 2.05) is 7.05 Å². The van der Waals surface area contributed by atoms with Crippen molar-refractivity contribution in [3.05, 3.63) is 24.3 Å². The van der Waals surface area contributed by atoms with Crippen LogP contribution in [0, 0.1) is 0 Å². The predicted octanol–water partition coefficient (Wildman–Crippen LogP) is 1.59. The molecule has 0 heterocycles. The molecular weight excluding hydrogens is 334 g/mol. The van der Waals surface area contributed by atoms with Gasteiger partial charge in [-0.15, -0.1) is 0 Å². The Hall–Kier alpha value is 0.245. The molecule has 0 saturated carbocycles. The van der Waals surface area contributed by atoms with Gasteiger partial charge in [0.05, 0.1) is 0 Å². The molecule has 0 aliphatic heterocycles. The van der Waals surface area contributed by atoms with Crippen LogP contribution in [-0.2, 0) is 23.3 Å². The molecule has 1 N–H and O–H groups in total. The van der Waals surface area contributed by atoms with Crippen LogP contribution in [0.5, 0.6) is 0 Å². The first-order valence-corrected chi connectivity index (χ1v) is 12.7. The Balaban J connectivity index is 2.80. The van der Waals surface area contributed by atoms with Crippen LogP contribution in [0.25, 0.3) is 0 Å². The molecular formula is C7H8ClHgN. The van der Waals surface area contributed by atoms with Crippen LogP contribution in [0.2, 0.25) is 0 Å². The van der Waals surface area contributed by atoms with Gasteiger partial charge < -0.3 is 0 Å². The molecule has 0 radical (unpaired) electrons. The summed E-state index contributed by atoms with van der Waals surface area (Å²) in [5.74, 6) is 0. The molecule has 0 fully saturated rings. The number of halogens is 1. The molecule has 1 rings (SSSR count). The minimum atomic E-state index is -1.13. The maximum atomic E-state index is 5.82. The molecule has 50 valence electrons. The van der Waals surface area contributed by atoms with Gasteiger partial charge in [-0.3, -0.25) is 0 Å². The Kier molecular flexibility index (Phi) is 3.50. The van der Waals surface area contributed by atoms with Gasteiger partial charge >= 0.3 is 77.0 Å². The molecule has 0 spiro atoms. The third-order valence-corrected chi connectivity index (χ3v) is 7.14. The van der Waals surface area contributed by atoms with E-state index in [1.54, 1.807) is 0 Å². The van der Waals surface area contributed by atoms with E-state index in [-0.39, 0.29) is 0 Å². The molecule has 0 unspecified atom stereocenters. The SMILES string of the molecule is CNc1cc[c]([Hg][Cl])cc1. The fourth-order valence-corrected chi connectivity index (χ4v) is 3.93. The first-order valence-electron chi connectivity index (χ1n) is 3.19. The van der Waals surface area contributed by atoms with E-state index in [4.69, 9.17) is 8.25 Å². The number of benzene rings is 1.